The number of carbonyl (C=O) groups is 2. The molecule has 7 nitrogen and oxygen atoms in total. The van der Waals surface area contributed by atoms with Gasteiger partial charge in [0.1, 0.15) is 6.04 Å². The van der Waals surface area contributed by atoms with Crippen LogP contribution in [0.4, 0.5) is 0 Å². The summed E-state index contributed by atoms with van der Waals surface area (Å²) in [5, 5.41) is 12.2. The summed E-state index contributed by atoms with van der Waals surface area (Å²) in [6, 6.07) is 7.13. The van der Waals surface area contributed by atoms with Gasteiger partial charge in [-0.25, -0.2) is 4.79 Å². The molecule has 1 aliphatic heterocycles. The van der Waals surface area contributed by atoms with E-state index in [4.69, 9.17) is 0 Å². The lowest BCUT2D eigenvalue weighted by atomic mass is 9.88. The van der Waals surface area contributed by atoms with Gasteiger partial charge in [-0.3, -0.25) is 20.5 Å². The molecule has 1 aromatic rings. The quantitative estimate of drug-likeness (QED) is 0.573. The average Bonchev–Trinajstić information content (AvgIpc) is 2.86. The lowest BCUT2D eigenvalue weighted by molar-refractivity contribution is -0.143. The lowest BCUT2D eigenvalue weighted by Crippen LogP contribution is -2.53. The fraction of sp³-hybridized carbons (Fsp3) is 0.556. The van der Waals surface area contributed by atoms with Crippen molar-refractivity contribution in [1.82, 2.24) is 21.1 Å². The van der Waals surface area contributed by atoms with Crippen LogP contribution in [0.5, 0.6) is 0 Å². The van der Waals surface area contributed by atoms with Crippen molar-refractivity contribution in [3.8, 4) is 0 Å². The number of hydrogen-bond acceptors (Lipinski definition) is 5. The summed E-state index contributed by atoms with van der Waals surface area (Å²) < 4.78 is 0. The Morgan fingerprint density at radius 1 is 1.20 bits per heavy atom. The second kappa shape index (κ2) is 8.42. The molecule has 25 heavy (non-hydrogen) atoms. The van der Waals surface area contributed by atoms with E-state index in [1.165, 1.54) is 5.56 Å². The number of aliphatic carboxylic acids is 1. The molecule has 7 heteroatoms. The number of aryl methyl sites for hydroxylation is 1. The highest BCUT2D eigenvalue weighted by atomic mass is 16.4. The molecular formula is C18H28N4O3. The molecule has 1 amide bonds. The molecule has 0 aromatic heterocycles. The van der Waals surface area contributed by atoms with Gasteiger partial charge in [0.2, 0.25) is 5.91 Å². The largest absolute Gasteiger partial charge is 0.480 e. The van der Waals surface area contributed by atoms with E-state index in [9.17, 15) is 14.7 Å². The molecule has 0 saturated carbocycles. The minimum Gasteiger partial charge on any atom is -0.480 e. The van der Waals surface area contributed by atoms with Crippen molar-refractivity contribution in [2.24, 2.45) is 5.92 Å². The van der Waals surface area contributed by atoms with Gasteiger partial charge >= 0.3 is 5.97 Å². The van der Waals surface area contributed by atoms with E-state index in [1.54, 1.807) is 0 Å². The zero-order chi connectivity index (χ0) is 18.6. The minimum absolute atomic E-state index is 0.0401. The molecule has 1 aromatic carbocycles. The Morgan fingerprint density at radius 3 is 2.28 bits per heavy atom. The number of amides is 1. The van der Waals surface area contributed by atoms with Gasteiger partial charge in [0.15, 0.2) is 0 Å². The van der Waals surface area contributed by atoms with Crippen molar-refractivity contribution in [1.29, 1.82) is 0 Å². The van der Waals surface area contributed by atoms with Crippen LogP contribution in [-0.2, 0) is 16.1 Å². The van der Waals surface area contributed by atoms with E-state index in [0.717, 1.165) is 5.56 Å². The van der Waals surface area contributed by atoms with Crippen molar-refractivity contribution >= 4 is 11.9 Å². The van der Waals surface area contributed by atoms with E-state index in [-0.39, 0.29) is 30.5 Å². The molecular weight excluding hydrogens is 320 g/mol. The highest BCUT2D eigenvalue weighted by Crippen LogP contribution is 2.19. The van der Waals surface area contributed by atoms with E-state index >= 15 is 0 Å². The van der Waals surface area contributed by atoms with Gasteiger partial charge in [0.25, 0.3) is 0 Å². The molecule has 4 N–H and O–H groups in total. The maximum atomic E-state index is 12.3. The van der Waals surface area contributed by atoms with Crippen LogP contribution < -0.4 is 16.2 Å². The van der Waals surface area contributed by atoms with Crippen LogP contribution in [0.2, 0.25) is 0 Å². The number of benzene rings is 1. The molecule has 1 fully saturated rings. The number of hydrazine groups is 1. The number of hydrogen-bond donors (Lipinski definition) is 4. The van der Waals surface area contributed by atoms with Crippen molar-refractivity contribution in [3.63, 3.8) is 0 Å². The zero-order valence-electron chi connectivity index (χ0n) is 15.2. The number of carbonyl (C=O) groups excluding carboxylic acids is 1. The van der Waals surface area contributed by atoms with Crippen molar-refractivity contribution in [3.05, 3.63) is 35.4 Å². The van der Waals surface area contributed by atoms with E-state index in [2.05, 4.69) is 16.2 Å². The van der Waals surface area contributed by atoms with E-state index in [1.807, 2.05) is 57.0 Å². The zero-order valence-corrected chi connectivity index (χ0v) is 15.2. The number of nitrogens with zero attached hydrogens (tertiary/aromatic N) is 1. The Labute approximate surface area is 148 Å². The third-order valence-corrected chi connectivity index (χ3v) is 4.65. The van der Waals surface area contributed by atoms with Gasteiger partial charge < -0.3 is 10.4 Å². The molecule has 3 unspecified atom stereocenters. The monoisotopic (exact) mass is 348 g/mol. The third-order valence-electron chi connectivity index (χ3n) is 4.65. The molecule has 0 aliphatic carbocycles. The van der Waals surface area contributed by atoms with Crippen molar-refractivity contribution in [2.75, 3.05) is 13.6 Å². The van der Waals surface area contributed by atoms with E-state index in [0.29, 0.717) is 6.54 Å². The highest BCUT2D eigenvalue weighted by Gasteiger charge is 2.40. The molecule has 138 valence electrons. The second-order valence-electron chi connectivity index (χ2n) is 6.98. The molecule has 1 aliphatic rings. The average molecular weight is 348 g/mol. The summed E-state index contributed by atoms with van der Waals surface area (Å²) in [4.78, 5) is 25.8. The molecule has 0 radical (unpaired) electrons. The first-order chi connectivity index (χ1) is 11.8. The fourth-order valence-corrected chi connectivity index (χ4v) is 3.31. The Morgan fingerprint density at radius 2 is 1.76 bits per heavy atom. The normalized spacial score (nSPS) is 24.3. The molecule has 0 bridgehead atoms. The highest BCUT2D eigenvalue weighted by molar-refractivity contribution is 5.85. The van der Waals surface area contributed by atoms with Crippen LogP contribution in [0.3, 0.4) is 0 Å². The first-order valence-corrected chi connectivity index (χ1v) is 8.55. The van der Waals surface area contributed by atoms with E-state index < -0.39 is 12.0 Å². The van der Waals surface area contributed by atoms with Crippen LogP contribution in [0, 0.1) is 12.8 Å². The molecule has 1 heterocycles. The van der Waals surface area contributed by atoms with Gasteiger partial charge in [0.05, 0.1) is 6.54 Å². The van der Waals surface area contributed by atoms with Gasteiger partial charge in [-0.1, -0.05) is 29.8 Å². The first kappa shape index (κ1) is 19.4. The smallest absolute Gasteiger partial charge is 0.326 e. The van der Waals surface area contributed by atoms with Crippen LogP contribution >= 0.6 is 0 Å². The third kappa shape index (κ3) is 5.26. The predicted octanol–water partition coefficient (Wildman–Crippen LogP) is 0.497. The summed E-state index contributed by atoms with van der Waals surface area (Å²) in [5.41, 5.74) is 8.36. The summed E-state index contributed by atoms with van der Waals surface area (Å²) in [5.74, 6) is -1.51. The van der Waals surface area contributed by atoms with Gasteiger partial charge in [-0.2, -0.15) is 0 Å². The van der Waals surface area contributed by atoms with Crippen LogP contribution in [0.25, 0.3) is 0 Å². The number of nitrogens with one attached hydrogen (secondary N) is 3. The minimum atomic E-state index is -1.01. The number of likely N-dealkylation sites (N-methyl/N-ethyl adjacent to an activating group) is 1. The molecule has 2 rings (SSSR count). The van der Waals surface area contributed by atoms with Crippen LogP contribution in [0.1, 0.15) is 25.0 Å². The SMILES string of the molecule is Cc1ccc(CN(C)CC(=O)NC(C(=O)O)C2C(C)NNC2C)cc1. The Balaban J connectivity index is 1.92. The summed E-state index contributed by atoms with van der Waals surface area (Å²) in [6.07, 6.45) is 0. The van der Waals surface area contributed by atoms with Crippen LogP contribution in [-0.4, -0.2) is 53.6 Å². The number of carboxylic acid groups (broad SMARTS) is 1. The predicted molar refractivity (Wildman–Crippen MR) is 95.8 cm³/mol. The summed E-state index contributed by atoms with van der Waals surface area (Å²) in [6.45, 7) is 6.63. The molecule has 3 atom stereocenters. The Bertz CT molecular complexity index is 595. The molecule has 1 saturated heterocycles. The van der Waals surface area contributed by atoms with Crippen molar-refractivity contribution in [2.45, 2.75) is 45.4 Å². The first-order valence-electron chi connectivity index (χ1n) is 8.55. The Hall–Kier alpha value is -1.96. The van der Waals surface area contributed by atoms with Crippen molar-refractivity contribution < 1.29 is 14.7 Å². The standard InChI is InChI=1S/C18H28N4O3/c1-11-5-7-14(8-6-11)9-22(4)10-15(23)19-17(18(24)25)16-12(2)20-21-13(16)3/h5-8,12-13,16-17,20-21H,9-10H2,1-4H3,(H,19,23)(H,24,25). The van der Waals surface area contributed by atoms with Crippen LogP contribution in [0.15, 0.2) is 24.3 Å². The van der Waals surface area contributed by atoms with Gasteiger partial charge in [-0.15, -0.1) is 0 Å². The fourth-order valence-electron chi connectivity index (χ4n) is 3.31. The second-order valence-corrected chi connectivity index (χ2v) is 6.98. The maximum Gasteiger partial charge on any atom is 0.326 e. The Kier molecular flexibility index (Phi) is 6.52. The summed E-state index contributed by atoms with van der Waals surface area (Å²) in [7, 11) is 1.85. The summed E-state index contributed by atoms with van der Waals surface area (Å²) >= 11 is 0. The topological polar surface area (TPSA) is 93.7 Å². The van der Waals surface area contributed by atoms with Gasteiger partial charge in [0, 0.05) is 24.5 Å². The number of carboxylic acids is 1. The lowest BCUT2D eigenvalue weighted by Gasteiger charge is -2.27. The maximum absolute atomic E-state index is 12.3. The van der Waals surface area contributed by atoms with Gasteiger partial charge in [-0.05, 0) is 33.4 Å². The molecule has 0 spiro atoms. The number of rotatable bonds is 7.